The van der Waals surface area contributed by atoms with Crippen molar-refractivity contribution in [3.05, 3.63) is 71.1 Å². The molecule has 0 atom stereocenters. The van der Waals surface area contributed by atoms with Gasteiger partial charge in [-0.3, -0.25) is 4.79 Å². The van der Waals surface area contributed by atoms with Crippen LogP contribution in [0.5, 0.6) is 0 Å². The first-order valence-corrected chi connectivity index (χ1v) is 9.91. The number of nitrogens with zero attached hydrogens (tertiary/aromatic N) is 3. The minimum Gasteiger partial charge on any atom is -0.308 e. The molecule has 0 unspecified atom stereocenters. The van der Waals surface area contributed by atoms with Crippen LogP contribution in [0.3, 0.4) is 0 Å². The summed E-state index contributed by atoms with van der Waals surface area (Å²) in [6.07, 6.45) is 0. The van der Waals surface area contributed by atoms with Gasteiger partial charge in [-0.15, -0.1) is 0 Å². The van der Waals surface area contributed by atoms with Crippen LogP contribution in [0.1, 0.15) is 20.8 Å². The highest BCUT2D eigenvalue weighted by Gasteiger charge is 2.51. The van der Waals surface area contributed by atoms with Crippen LogP contribution < -0.4 is 15.9 Å². The number of benzene rings is 2. The molecule has 0 fully saturated rings. The highest BCUT2D eigenvalue weighted by atomic mass is 28.4. The van der Waals surface area contributed by atoms with Crippen molar-refractivity contribution in [2.45, 2.75) is 25.8 Å². The Morgan fingerprint density at radius 2 is 1.56 bits per heavy atom. The molecule has 6 nitrogen and oxygen atoms in total. The van der Waals surface area contributed by atoms with Crippen molar-refractivity contribution in [1.29, 1.82) is 0 Å². The number of carbonyl (C=O) groups excluding carboxylic acids is 1. The van der Waals surface area contributed by atoms with Gasteiger partial charge in [-0.2, -0.15) is 0 Å². The lowest BCUT2D eigenvalue weighted by molar-refractivity contribution is -0.126. The van der Waals surface area contributed by atoms with E-state index < -0.39 is 14.2 Å². The molecular weight excluding hydrogens is 332 g/mol. The largest absolute Gasteiger partial charge is 0.308 e. The van der Waals surface area contributed by atoms with Crippen LogP contribution in [0.4, 0.5) is 0 Å². The van der Waals surface area contributed by atoms with Crippen LogP contribution in [-0.2, 0) is 9.32 Å². The number of carbonyl (C=O) groups is 1. The molecule has 1 N–H and O–H groups in total. The normalized spacial score (nSPS) is 11.5. The Hall–Kier alpha value is -2.60. The lowest BCUT2D eigenvalue weighted by atomic mass is 10.2. The summed E-state index contributed by atoms with van der Waals surface area (Å²) in [6, 6.07) is 19.9. The molecule has 0 saturated carbocycles. The van der Waals surface area contributed by atoms with E-state index in [1.807, 2.05) is 60.7 Å². The van der Waals surface area contributed by atoms with E-state index in [0.29, 0.717) is 0 Å². The highest BCUT2D eigenvalue weighted by Crippen LogP contribution is 2.36. The molecule has 0 aliphatic heterocycles. The van der Waals surface area contributed by atoms with Gasteiger partial charge in [-0.05, 0) is 20.9 Å². The zero-order chi connectivity index (χ0) is 18.3. The van der Waals surface area contributed by atoms with E-state index in [2.05, 4.69) is 36.3 Å². The van der Waals surface area contributed by atoms with Gasteiger partial charge in [0.1, 0.15) is 6.54 Å². The zero-order valence-corrected chi connectivity index (χ0v) is 15.6. The van der Waals surface area contributed by atoms with E-state index in [4.69, 9.17) is 10.1 Å². The molecule has 2 rings (SSSR count). The third-order valence-corrected chi connectivity index (χ3v) is 8.83. The number of nitrogens with one attached hydrogen (secondary N) is 1. The molecule has 0 radical (unpaired) electrons. The second kappa shape index (κ2) is 7.98. The number of hydrogen-bond acceptors (Lipinski definition) is 3. The van der Waals surface area contributed by atoms with E-state index >= 15 is 0 Å². The van der Waals surface area contributed by atoms with E-state index in [9.17, 15) is 4.79 Å². The summed E-state index contributed by atoms with van der Waals surface area (Å²) in [5.74, 6) is -0.467. The Bertz CT molecular complexity index is 714. The van der Waals surface area contributed by atoms with Crippen molar-refractivity contribution in [3.8, 4) is 0 Å². The number of azide groups is 1. The van der Waals surface area contributed by atoms with Crippen molar-refractivity contribution in [2.24, 2.45) is 5.11 Å². The lowest BCUT2D eigenvalue weighted by Crippen LogP contribution is -2.68. The first-order valence-electron chi connectivity index (χ1n) is 8.00. The Kier molecular flexibility index (Phi) is 5.98. The summed E-state index contributed by atoms with van der Waals surface area (Å²) in [5.41, 5.74) is 10.9. The molecule has 25 heavy (non-hydrogen) atoms. The van der Waals surface area contributed by atoms with Crippen molar-refractivity contribution in [3.63, 3.8) is 0 Å². The molecule has 0 spiro atoms. The summed E-state index contributed by atoms with van der Waals surface area (Å²) in [7, 11) is -2.82. The molecule has 130 valence electrons. The molecule has 7 heteroatoms. The maximum Gasteiger partial charge on any atom is 0.295 e. The van der Waals surface area contributed by atoms with Crippen molar-refractivity contribution < 1.29 is 9.32 Å². The van der Waals surface area contributed by atoms with Crippen molar-refractivity contribution in [2.75, 3.05) is 6.54 Å². The first-order chi connectivity index (χ1) is 11.9. The van der Waals surface area contributed by atoms with Gasteiger partial charge in [0.25, 0.3) is 8.32 Å². The smallest absolute Gasteiger partial charge is 0.295 e. The van der Waals surface area contributed by atoms with E-state index in [0.717, 1.165) is 10.4 Å². The van der Waals surface area contributed by atoms with Gasteiger partial charge in [0.05, 0.1) is 0 Å². The number of rotatable bonds is 6. The average molecular weight is 354 g/mol. The fraction of sp³-hybridized carbons (Fsp3) is 0.278. The van der Waals surface area contributed by atoms with Gasteiger partial charge >= 0.3 is 0 Å². The SMILES string of the molecule is CC(C)(C)[Si](ONC(=O)CN=[N+]=[N-])(c1ccccc1)c1ccccc1. The fourth-order valence-corrected chi connectivity index (χ4v) is 7.11. The van der Waals surface area contributed by atoms with Gasteiger partial charge in [0, 0.05) is 4.91 Å². The molecule has 1 amide bonds. The van der Waals surface area contributed by atoms with Gasteiger partial charge < -0.3 is 4.53 Å². The number of hydroxylamine groups is 1. The van der Waals surface area contributed by atoms with Crippen LogP contribution >= 0.6 is 0 Å². The minimum absolute atomic E-state index is 0.249. The third-order valence-electron chi connectivity index (χ3n) is 4.01. The Labute approximate surface area is 148 Å². The van der Waals surface area contributed by atoms with Gasteiger partial charge in [-0.25, -0.2) is 5.48 Å². The second-order valence-electron chi connectivity index (χ2n) is 6.68. The van der Waals surface area contributed by atoms with Crippen molar-refractivity contribution >= 4 is 24.6 Å². The lowest BCUT2D eigenvalue weighted by Gasteiger charge is -2.41. The van der Waals surface area contributed by atoms with Crippen LogP contribution in [0.2, 0.25) is 5.04 Å². The van der Waals surface area contributed by atoms with Gasteiger partial charge in [-0.1, -0.05) is 86.5 Å². The van der Waals surface area contributed by atoms with Crippen molar-refractivity contribution in [1.82, 2.24) is 5.48 Å². The molecule has 0 saturated heterocycles. The predicted octanol–water partition coefficient (Wildman–Crippen LogP) is 2.90. The summed E-state index contributed by atoms with van der Waals surface area (Å²) >= 11 is 0. The van der Waals surface area contributed by atoms with Crippen LogP contribution in [-0.4, -0.2) is 20.8 Å². The standard InChI is InChI=1S/C18H22N4O2Si/c1-18(2,3)25(15-10-6-4-7-11-15,16-12-8-5-9-13-16)24-21-17(23)14-20-22-19/h4-13H,14H2,1-3H3,(H,21,23). The topological polar surface area (TPSA) is 87.1 Å². The quantitative estimate of drug-likeness (QED) is 0.284. The maximum absolute atomic E-state index is 12.0. The minimum atomic E-state index is -2.82. The summed E-state index contributed by atoms with van der Waals surface area (Å²) in [4.78, 5) is 14.6. The molecule has 0 heterocycles. The van der Waals surface area contributed by atoms with Gasteiger partial charge in [0.2, 0.25) is 5.91 Å². The summed E-state index contributed by atoms with van der Waals surface area (Å²) in [6.45, 7) is 6.03. The van der Waals surface area contributed by atoms with Gasteiger partial charge in [0.15, 0.2) is 0 Å². The monoisotopic (exact) mass is 354 g/mol. The highest BCUT2D eigenvalue weighted by molar-refractivity contribution is 6.99. The average Bonchev–Trinajstić information content (AvgIpc) is 2.61. The molecule has 0 aromatic heterocycles. The van der Waals surface area contributed by atoms with E-state index in [1.54, 1.807) is 0 Å². The molecular formula is C18H22N4O2Si. The summed E-state index contributed by atoms with van der Waals surface area (Å²) in [5, 5.41) is 5.14. The van der Waals surface area contributed by atoms with E-state index in [1.165, 1.54) is 0 Å². The molecule has 0 aliphatic rings. The Balaban J connectivity index is 2.53. The van der Waals surface area contributed by atoms with Crippen LogP contribution in [0, 0.1) is 0 Å². The summed E-state index contributed by atoms with van der Waals surface area (Å²) < 4.78 is 6.18. The van der Waals surface area contributed by atoms with Crippen LogP contribution in [0.25, 0.3) is 10.4 Å². The number of hydrogen-bond donors (Lipinski definition) is 1. The molecule has 2 aromatic carbocycles. The second-order valence-corrected chi connectivity index (χ2v) is 10.9. The molecule has 2 aromatic rings. The maximum atomic E-state index is 12.0. The molecule has 0 aliphatic carbocycles. The third kappa shape index (κ3) is 4.08. The molecule has 0 bridgehead atoms. The zero-order valence-electron chi connectivity index (χ0n) is 14.6. The Morgan fingerprint density at radius 1 is 1.08 bits per heavy atom. The number of amides is 1. The predicted molar refractivity (Wildman–Crippen MR) is 101 cm³/mol. The van der Waals surface area contributed by atoms with Crippen LogP contribution in [0.15, 0.2) is 65.8 Å². The first kappa shape index (κ1) is 18.7. The fourth-order valence-electron chi connectivity index (χ4n) is 2.91. The Morgan fingerprint density at radius 3 is 1.96 bits per heavy atom. The van der Waals surface area contributed by atoms with E-state index in [-0.39, 0.29) is 11.6 Å².